The van der Waals surface area contributed by atoms with Gasteiger partial charge in [-0.2, -0.15) is 18.2 Å². The minimum atomic E-state index is -5.33. The minimum absolute atomic E-state index is 0.375. The van der Waals surface area contributed by atoms with Crippen LogP contribution in [0.1, 0.15) is 62.4 Å². The van der Waals surface area contributed by atoms with Crippen molar-refractivity contribution >= 4 is 9.84 Å². The van der Waals surface area contributed by atoms with Crippen LogP contribution in [0.15, 0.2) is 57.9 Å². The highest BCUT2D eigenvalue weighted by Crippen LogP contribution is 2.30. The van der Waals surface area contributed by atoms with Crippen molar-refractivity contribution in [3.8, 4) is 11.5 Å². The molecule has 0 bridgehead atoms. The number of aryl methyl sites for hydroxylation is 1. The molecule has 1 heterocycles. The molecule has 0 aliphatic carbocycles. The number of alkyl halides is 3. The van der Waals surface area contributed by atoms with E-state index < -0.39 is 20.2 Å². The Balaban J connectivity index is 1.45. The molecule has 190 valence electrons. The highest BCUT2D eigenvalue weighted by molar-refractivity contribution is 7.92. The van der Waals surface area contributed by atoms with Gasteiger partial charge >= 0.3 is 5.51 Å². The highest BCUT2D eigenvalue weighted by Gasteiger charge is 2.46. The maximum absolute atomic E-state index is 12.6. The summed E-state index contributed by atoms with van der Waals surface area (Å²) >= 11 is 0. The number of rotatable bonds is 13. The van der Waals surface area contributed by atoms with Gasteiger partial charge in [-0.15, -0.1) is 0 Å². The molecular formula is C25H30F3N3O3S. The summed E-state index contributed by atoms with van der Waals surface area (Å²) in [4.78, 5) is 3.72. The topological polar surface area (TPSA) is 85.1 Å². The number of hydrogen-bond donors (Lipinski definition) is 1. The van der Waals surface area contributed by atoms with Crippen molar-refractivity contribution in [1.82, 2.24) is 15.5 Å². The fourth-order valence-corrected chi connectivity index (χ4v) is 4.33. The first kappa shape index (κ1) is 26.9. The zero-order valence-electron chi connectivity index (χ0n) is 19.6. The first-order valence-electron chi connectivity index (χ1n) is 11.7. The molecule has 1 N–H and O–H groups in total. The summed E-state index contributed by atoms with van der Waals surface area (Å²) in [6.07, 6.45) is 8.05. The van der Waals surface area contributed by atoms with Crippen molar-refractivity contribution in [1.29, 1.82) is 0 Å². The second-order valence-corrected chi connectivity index (χ2v) is 10.4. The fraction of sp³-hybridized carbons (Fsp3) is 0.440. The SMILES string of the molecule is CCCCCCCCc1noc(-c2ccc(CNCc3ccc(S(=O)(=O)C(F)(F)F)cc3)cc2)n1. The summed E-state index contributed by atoms with van der Waals surface area (Å²) in [6, 6.07) is 12.3. The molecule has 0 unspecified atom stereocenters. The Bertz CT molecular complexity index is 1160. The van der Waals surface area contributed by atoms with E-state index in [0.29, 0.717) is 24.5 Å². The molecular weight excluding hydrogens is 479 g/mol. The quantitative estimate of drug-likeness (QED) is 0.275. The van der Waals surface area contributed by atoms with Crippen LogP contribution in [0, 0.1) is 0 Å². The molecule has 0 atom stereocenters. The maximum Gasteiger partial charge on any atom is 0.501 e. The second kappa shape index (κ2) is 12.3. The summed E-state index contributed by atoms with van der Waals surface area (Å²) in [5.41, 5.74) is -2.81. The smallest absolute Gasteiger partial charge is 0.334 e. The van der Waals surface area contributed by atoms with Crippen LogP contribution in [-0.4, -0.2) is 24.1 Å². The molecule has 2 aromatic carbocycles. The van der Waals surface area contributed by atoms with Crippen LogP contribution in [0.3, 0.4) is 0 Å². The van der Waals surface area contributed by atoms with Crippen LogP contribution in [-0.2, 0) is 29.3 Å². The van der Waals surface area contributed by atoms with Crippen LogP contribution in [0.5, 0.6) is 0 Å². The zero-order chi connectivity index (χ0) is 25.3. The summed E-state index contributed by atoms with van der Waals surface area (Å²) in [7, 11) is -5.33. The number of nitrogens with zero attached hydrogens (tertiary/aromatic N) is 2. The van der Waals surface area contributed by atoms with Gasteiger partial charge < -0.3 is 9.84 Å². The standard InChI is InChI=1S/C25H30F3N3O3S/c1-2-3-4-5-6-7-8-23-30-24(34-31-23)21-13-9-19(10-14-21)17-29-18-20-11-15-22(16-12-20)35(32,33)25(26,27)28/h9-16,29H,2-8,17-18H2,1H3. The Morgan fingerprint density at radius 2 is 1.43 bits per heavy atom. The van der Waals surface area contributed by atoms with Crippen LogP contribution < -0.4 is 5.32 Å². The molecule has 0 aliphatic heterocycles. The van der Waals surface area contributed by atoms with Crippen molar-refractivity contribution in [2.45, 2.75) is 75.4 Å². The Labute approximate surface area is 203 Å². The van der Waals surface area contributed by atoms with E-state index in [1.807, 2.05) is 24.3 Å². The van der Waals surface area contributed by atoms with Gasteiger partial charge in [-0.3, -0.25) is 0 Å². The van der Waals surface area contributed by atoms with E-state index in [4.69, 9.17) is 4.52 Å². The number of nitrogens with one attached hydrogen (secondary N) is 1. The second-order valence-electron chi connectivity index (χ2n) is 8.43. The minimum Gasteiger partial charge on any atom is -0.334 e. The largest absolute Gasteiger partial charge is 0.501 e. The third-order valence-electron chi connectivity index (χ3n) is 5.62. The lowest BCUT2D eigenvalue weighted by atomic mass is 10.1. The number of aromatic nitrogens is 2. The van der Waals surface area contributed by atoms with Crippen molar-refractivity contribution in [2.24, 2.45) is 0 Å². The van der Waals surface area contributed by atoms with E-state index in [9.17, 15) is 21.6 Å². The molecule has 0 fully saturated rings. The summed E-state index contributed by atoms with van der Waals surface area (Å²) in [5.74, 6) is 1.20. The highest BCUT2D eigenvalue weighted by atomic mass is 32.2. The first-order chi connectivity index (χ1) is 16.7. The summed E-state index contributed by atoms with van der Waals surface area (Å²) in [6.45, 7) is 3.10. The molecule has 10 heteroatoms. The molecule has 3 rings (SSSR count). The molecule has 35 heavy (non-hydrogen) atoms. The van der Waals surface area contributed by atoms with E-state index in [1.54, 1.807) is 0 Å². The number of hydrogen-bond acceptors (Lipinski definition) is 6. The molecule has 0 aliphatic rings. The van der Waals surface area contributed by atoms with Gasteiger partial charge in [-0.25, -0.2) is 8.42 Å². The Morgan fingerprint density at radius 3 is 2.03 bits per heavy atom. The molecule has 0 saturated carbocycles. The van der Waals surface area contributed by atoms with E-state index in [0.717, 1.165) is 41.9 Å². The molecule has 0 spiro atoms. The van der Waals surface area contributed by atoms with Gasteiger partial charge in [0, 0.05) is 25.1 Å². The first-order valence-corrected chi connectivity index (χ1v) is 13.2. The molecule has 6 nitrogen and oxygen atoms in total. The number of benzene rings is 2. The maximum atomic E-state index is 12.6. The Hall–Kier alpha value is -2.72. The average molecular weight is 510 g/mol. The third kappa shape index (κ3) is 7.63. The fourth-order valence-electron chi connectivity index (χ4n) is 3.57. The van der Waals surface area contributed by atoms with Crippen LogP contribution in [0.2, 0.25) is 0 Å². The zero-order valence-corrected chi connectivity index (χ0v) is 20.5. The van der Waals surface area contributed by atoms with E-state index in [-0.39, 0.29) is 0 Å². The van der Waals surface area contributed by atoms with Crippen molar-refractivity contribution < 1.29 is 26.1 Å². The lowest BCUT2D eigenvalue weighted by Crippen LogP contribution is -2.23. The van der Waals surface area contributed by atoms with Crippen LogP contribution in [0.4, 0.5) is 13.2 Å². The predicted molar refractivity (Wildman–Crippen MR) is 127 cm³/mol. The normalized spacial score (nSPS) is 12.2. The number of sulfone groups is 1. The van der Waals surface area contributed by atoms with Gasteiger partial charge in [-0.05, 0) is 41.8 Å². The monoisotopic (exact) mass is 509 g/mol. The van der Waals surface area contributed by atoms with Crippen molar-refractivity contribution in [3.63, 3.8) is 0 Å². The van der Waals surface area contributed by atoms with E-state index in [2.05, 4.69) is 22.4 Å². The van der Waals surface area contributed by atoms with Crippen molar-refractivity contribution in [3.05, 3.63) is 65.5 Å². The van der Waals surface area contributed by atoms with Gasteiger partial charge in [0.15, 0.2) is 5.82 Å². The molecule has 1 aromatic heterocycles. The van der Waals surface area contributed by atoms with Gasteiger partial charge in [0.05, 0.1) is 4.90 Å². The van der Waals surface area contributed by atoms with Gasteiger partial charge in [0.1, 0.15) is 0 Å². The van der Waals surface area contributed by atoms with Gasteiger partial charge in [0.2, 0.25) is 0 Å². The summed E-state index contributed by atoms with van der Waals surface area (Å²) < 4.78 is 66.1. The number of halogens is 3. The molecule has 0 amide bonds. The van der Waals surface area contributed by atoms with Crippen LogP contribution in [0.25, 0.3) is 11.5 Å². The average Bonchev–Trinajstić information content (AvgIpc) is 3.30. The Morgan fingerprint density at radius 1 is 0.857 bits per heavy atom. The van der Waals surface area contributed by atoms with Crippen molar-refractivity contribution in [2.75, 3.05) is 0 Å². The molecule has 3 aromatic rings. The lowest BCUT2D eigenvalue weighted by molar-refractivity contribution is -0.0436. The third-order valence-corrected chi connectivity index (χ3v) is 7.12. The van der Waals surface area contributed by atoms with Gasteiger partial charge in [0.25, 0.3) is 15.7 Å². The number of unbranched alkanes of at least 4 members (excludes halogenated alkanes) is 5. The molecule has 0 radical (unpaired) electrons. The summed E-state index contributed by atoms with van der Waals surface area (Å²) in [5, 5.41) is 7.26. The lowest BCUT2D eigenvalue weighted by Gasteiger charge is -2.09. The van der Waals surface area contributed by atoms with Crippen LogP contribution >= 0.6 is 0 Å². The van der Waals surface area contributed by atoms with E-state index in [1.165, 1.54) is 44.2 Å². The van der Waals surface area contributed by atoms with Gasteiger partial charge in [-0.1, -0.05) is 68.4 Å². The molecule has 0 saturated heterocycles. The van der Waals surface area contributed by atoms with E-state index >= 15 is 0 Å². The Kier molecular flexibility index (Phi) is 9.45. The predicted octanol–water partition coefficient (Wildman–Crippen LogP) is 6.22.